The molecule has 0 saturated carbocycles. The molecule has 14 heavy (non-hydrogen) atoms. The van der Waals surface area contributed by atoms with Gasteiger partial charge in [0.15, 0.2) is 0 Å². The molecule has 0 N–H and O–H groups in total. The average Bonchev–Trinajstić information content (AvgIpc) is 2.71. The first-order chi connectivity index (χ1) is 6.77. The van der Waals surface area contributed by atoms with Crippen molar-refractivity contribution in [2.45, 2.75) is 19.8 Å². The van der Waals surface area contributed by atoms with E-state index in [1.807, 2.05) is 23.0 Å². The SMILES string of the molecule is CC(C)c1cc(-n2ccnc2)ccn1. The minimum absolute atomic E-state index is 0.457. The fourth-order valence-electron chi connectivity index (χ4n) is 1.32. The first kappa shape index (κ1) is 8.94. The maximum absolute atomic E-state index is 4.32. The van der Waals surface area contributed by atoms with Crippen molar-refractivity contribution in [2.75, 3.05) is 0 Å². The zero-order chi connectivity index (χ0) is 9.97. The zero-order valence-corrected chi connectivity index (χ0v) is 8.38. The van der Waals surface area contributed by atoms with Crippen LogP contribution in [0.4, 0.5) is 0 Å². The van der Waals surface area contributed by atoms with Crippen molar-refractivity contribution in [1.82, 2.24) is 14.5 Å². The van der Waals surface area contributed by atoms with Crippen LogP contribution in [0.3, 0.4) is 0 Å². The Bertz CT molecular complexity index is 404. The molecule has 0 atom stereocenters. The van der Waals surface area contributed by atoms with E-state index in [0.29, 0.717) is 5.92 Å². The summed E-state index contributed by atoms with van der Waals surface area (Å²) in [4.78, 5) is 8.33. The van der Waals surface area contributed by atoms with E-state index in [1.54, 1.807) is 12.5 Å². The first-order valence-electron chi connectivity index (χ1n) is 4.71. The van der Waals surface area contributed by atoms with Crippen molar-refractivity contribution >= 4 is 0 Å². The van der Waals surface area contributed by atoms with Gasteiger partial charge in [-0.1, -0.05) is 13.8 Å². The smallest absolute Gasteiger partial charge is 0.0991 e. The highest BCUT2D eigenvalue weighted by molar-refractivity contribution is 5.32. The van der Waals surface area contributed by atoms with Gasteiger partial charge in [-0.15, -0.1) is 0 Å². The lowest BCUT2D eigenvalue weighted by molar-refractivity contribution is 0.818. The molecule has 2 heterocycles. The van der Waals surface area contributed by atoms with Crippen LogP contribution in [-0.2, 0) is 0 Å². The quantitative estimate of drug-likeness (QED) is 0.722. The van der Waals surface area contributed by atoms with Gasteiger partial charge in [-0.2, -0.15) is 0 Å². The molecule has 72 valence electrons. The highest BCUT2D eigenvalue weighted by atomic mass is 15.0. The normalized spacial score (nSPS) is 10.8. The first-order valence-corrected chi connectivity index (χ1v) is 4.71. The molecular weight excluding hydrogens is 174 g/mol. The number of hydrogen-bond donors (Lipinski definition) is 0. The standard InChI is InChI=1S/C11H13N3/c1-9(2)11-7-10(3-4-13-11)14-6-5-12-8-14/h3-9H,1-2H3. The van der Waals surface area contributed by atoms with E-state index in [9.17, 15) is 0 Å². The minimum Gasteiger partial charge on any atom is -0.306 e. The summed E-state index contributed by atoms with van der Waals surface area (Å²) in [6.07, 6.45) is 7.33. The molecular formula is C11H13N3. The molecule has 0 amide bonds. The molecule has 0 aliphatic carbocycles. The van der Waals surface area contributed by atoms with E-state index >= 15 is 0 Å². The van der Waals surface area contributed by atoms with Crippen molar-refractivity contribution in [3.8, 4) is 5.69 Å². The molecule has 0 unspecified atom stereocenters. The molecule has 0 aliphatic rings. The second-order valence-corrected chi connectivity index (χ2v) is 3.56. The second kappa shape index (κ2) is 3.62. The Labute approximate surface area is 83.4 Å². The van der Waals surface area contributed by atoms with Crippen LogP contribution in [0, 0.1) is 0 Å². The average molecular weight is 187 g/mol. The summed E-state index contributed by atoms with van der Waals surface area (Å²) in [6.45, 7) is 4.28. The minimum atomic E-state index is 0.457. The van der Waals surface area contributed by atoms with Crippen LogP contribution in [0.1, 0.15) is 25.5 Å². The highest BCUT2D eigenvalue weighted by Gasteiger charge is 2.02. The van der Waals surface area contributed by atoms with E-state index in [4.69, 9.17) is 0 Å². The second-order valence-electron chi connectivity index (χ2n) is 3.56. The Morgan fingerprint density at radius 1 is 1.29 bits per heavy atom. The zero-order valence-electron chi connectivity index (χ0n) is 8.38. The van der Waals surface area contributed by atoms with Gasteiger partial charge in [-0.3, -0.25) is 4.98 Å². The number of nitrogens with zero attached hydrogens (tertiary/aromatic N) is 3. The van der Waals surface area contributed by atoms with E-state index in [0.717, 1.165) is 11.4 Å². The summed E-state index contributed by atoms with van der Waals surface area (Å²) in [5.41, 5.74) is 2.22. The Morgan fingerprint density at radius 2 is 2.14 bits per heavy atom. The molecule has 3 nitrogen and oxygen atoms in total. The third-order valence-electron chi connectivity index (χ3n) is 2.16. The Hall–Kier alpha value is -1.64. The number of rotatable bonds is 2. The summed E-state index contributed by atoms with van der Waals surface area (Å²) in [5, 5.41) is 0. The van der Waals surface area contributed by atoms with Gasteiger partial charge in [0.25, 0.3) is 0 Å². The van der Waals surface area contributed by atoms with Gasteiger partial charge in [-0.05, 0) is 18.1 Å². The molecule has 3 heteroatoms. The molecule has 0 spiro atoms. The lowest BCUT2D eigenvalue weighted by Crippen LogP contribution is -1.96. The van der Waals surface area contributed by atoms with Crippen molar-refractivity contribution in [2.24, 2.45) is 0 Å². The van der Waals surface area contributed by atoms with Crippen LogP contribution < -0.4 is 0 Å². The van der Waals surface area contributed by atoms with Gasteiger partial charge in [0.2, 0.25) is 0 Å². The Morgan fingerprint density at radius 3 is 2.79 bits per heavy atom. The summed E-state index contributed by atoms with van der Waals surface area (Å²) >= 11 is 0. The molecule has 0 radical (unpaired) electrons. The lowest BCUT2D eigenvalue weighted by Gasteiger charge is -2.07. The van der Waals surface area contributed by atoms with Crippen LogP contribution in [0.15, 0.2) is 37.1 Å². The lowest BCUT2D eigenvalue weighted by atomic mass is 10.1. The predicted octanol–water partition coefficient (Wildman–Crippen LogP) is 2.39. The van der Waals surface area contributed by atoms with E-state index in [-0.39, 0.29) is 0 Å². The van der Waals surface area contributed by atoms with Crippen molar-refractivity contribution < 1.29 is 0 Å². The van der Waals surface area contributed by atoms with Crippen molar-refractivity contribution in [3.05, 3.63) is 42.7 Å². The van der Waals surface area contributed by atoms with Gasteiger partial charge in [0.05, 0.1) is 6.33 Å². The maximum Gasteiger partial charge on any atom is 0.0991 e. The van der Waals surface area contributed by atoms with Gasteiger partial charge < -0.3 is 4.57 Å². The molecule has 0 aromatic carbocycles. The molecule has 2 aromatic rings. The van der Waals surface area contributed by atoms with Gasteiger partial charge in [0, 0.05) is 30.0 Å². The highest BCUT2D eigenvalue weighted by Crippen LogP contribution is 2.14. The van der Waals surface area contributed by atoms with E-state index in [2.05, 4.69) is 29.9 Å². The summed E-state index contributed by atoms with van der Waals surface area (Å²) < 4.78 is 1.98. The Balaban J connectivity index is 2.41. The van der Waals surface area contributed by atoms with Crippen LogP contribution in [0.25, 0.3) is 5.69 Å². The number of aromatic nitrogens is 3. The summed E-state index contributed by atoms with van der Waals surface area (Å²) in [6, 6.07) is 4.07. The van der Waals surface area contributed by atoms with Gasteiger partial charge in [-0.25, -0.2) is 4.98 Å². The van der Waals surface area contributed by atoms with Crippen molar-refractivity contribution in [3.63, 3.8) is 0 Å². The summed E-state index contributed by atoms with van der Waals surface area (Å²) in [7, 11) is 0. The summed E-state index contributed by atoms with van der Waals surface area (Å²) in [5.74, 6) is 0.457. The molecule has 0 saturated heterocycles. The third-order valence-corrected chi connectivity index (χ3v) is 2.16. The third kappa shape index (κ3) is 1.66. The monoisotopic (exact) mass is 187 g/mol. The fourth-order valence-corrected chi connectivity index (χ4v) is 1.32. The number of pyridine rings is 1. The van der Waals surface area contributed by atoms with Crippen LogP contribution in [0.5, 0.6) is 0 Å². The van der Waals surface area contributed by atoms with E-state index < -0.39 is 0 Å². The molecule has 0 aliphatic heterocycles. The van der Waals surface area contributed by atoms with Crippen LogP contribution >= 0.6 is 0 Å². The molecule has 0 bridgehead atoms. The molecule has 2 rings (SSSR count). The van der Waals surface area contributed by atoms with Gasteiger partial charge >= 0.3 is 0 Å². The maximum atomic E-state index is 4.32. The number of imidazole rings is 1. The van der Waals surface area contributed by atoms with Gasteiger partial charge in [0.1, 0.15) is 0 Å². The fraction of sp³-hybridized carbons (Fsp3) is 0.273. The predicted molar refractivity (Wildman–Crippen MR) is 55.4 cm³/mol. The molecule has 2 aromatic heterocycles. The van der Waals surface area contributed by atoms with Crippen LogP contribution in [-0.4, -0.2) is 14.5 Å². The topological polar surface area (TPSA) is 30.7 Å². The number of hydrogen-bond acceptors (Lipinski definition) is 2. The largest absolute Gasteiger partial charge is 0.306 e. The Kier molecular flexibility index (Phi) is 2.31. The van der Waals surface area contributed by atoms with E-state index in [1.165, 1.54) is 0 Å². The van der Waals surface area contributed by atoms with Crippen molar-refractivity contribution in [1.29, 1.82) is 0 Å². The molecule has 0 fully saturated rings. The van der Waals surface area contributed by atoms with Crippen LogP contribution in [0.2, 0.25) is 0 Å².